The molecule has 0 aromatic heterocycles. The van der Waals surface area contributed by atoms with Crippen molar-refractivity contribution in [1.29, 1.82) is 0 Å². The Morgan fingerprint density at radius 2 is 0.843 bits per heavy atom. The molecule has 0 bridgehead atoms. The van der Waals surface area contributed by atoms with E-state index in [9.17, 15) is 0 Å². The molecule has 0 unspecified atom stereocenters. The van der Waals surface area contributed by atoms with Crippen molar-refractivity contribution in [2.24, 2.45) is 5.92 Å². The third-order valence-electron chi connectivity index (χ3n) is 13.2. The Morgan fingerprint density at radius 1 is 0.471 bits per heavy atom. The lowest BCUT2D eigenvalue weighted by Gasteiger charge is -2.59. The Balaban J connectivity index is 1.34. The molecule has 5 aliphatic rings. The highest BCUT2D eigenvalue weighted by Crippen LogP contribution is 2.72. The van der Waals surface area contributed by atoms with E-state index in [4.69, 9.17) is 9.47 Å². The van der Waals surface area contributed by atoms with Crippen LogP contribution in [0.15, 0.2) is 133 Å². The average Bonchev–Trinajstić information content (AvgIpc) is 3.36. The molecule has 11 rings (SSSR count). The Bertz CT molecular complexity index is 2120. The third kappa shape index (κ3) is 3.77. The standard InChI is InChI=1S/C48H41NO2/c1-31(32-15-3-2-4-16-32)49-29-33-17-13-23-39-45(33)46-34(30-49)18-14-24-40(46)48(37-21-7-11-27-43(37)51-44-28-12-8-22-38(44)48)47(39)35-19-5-9-25-41(35)50-42-26-10-6-20-36(42)47/h5-14,17-28,31-32H,2-4,15-16,29-30H2,1H3/t31-/m1/s1. The van der Waals surface area contributed by atoms with Crippen molar-refractivity contribution >= 4 is 0 Å². The van der Waals surface area contributed by atoms with Crippen LogP contribution in [0.5, 0.6) is 23.0 Å². The Hall–Kier alpha value is -5.12. The van der Waals surface area contributed by atoms with E-state index < -0.39 is 10.8 Å². The average molecular weight is 664 g/mol. The molecule has 3 nitrogen and oxygen atoms in total. The molecule has 0 radical (unpaired) electrons. The Labute approximate surface area is 300 Å². The van der Waals surface area contributed by atoms with Gasteiger partial charge in [-0.1, -0.05) is 128 Å². The highest BCUT2D eigenvalue weighted by Gasteiger charge is 2.66. The molecule has 1 atom stereocenters. The van der Waals surface area contributed by atoms with E-state index in [0.29, 0.717) is 6.04 Å². The monoisotopic (exact) mass is 663 g/mol. The van der Waals surface area contributed by atoms with Crippen LogP contribution in [0.2, 0.25) is 0 Å². The minimum absolute atomic E-state index is 0.508. The summed E-state index contributed by atoms with van der Waals surface area (Å²) in [6.07, 6.45) is 6.77. The quantitative estimate of drug-likeness (QED) is 0.184. The molecule has 2 aliphatic carbocycles. The van der Waals surface area contributed by atoms with E-state index in [0.717, 1.165) is 42.0 Å². The van der Waals surface area contributed by atoms with Gasteiger partial charge in [-0.3, -0.25) is 4.90 Å². The van der Waals surface area contributed by atoms with Gasteiger partial charge >= 0.3 is 0 Å². The summed E-state index contributed by atoms with van der Waals surface area (Å²) in [5.74, 6) is 4.39. The number of para-hydroxylation sites is 4. The van der Waals surface area contributed by atoms with Gasteiger partial charge in [-0.05, 0) is 83.3 Å². The molecule has 250 valence electrons. The molecule has 6 aromatic rings. The van der Waals surface area contributed by atoms with Gasteiger partial charge in [0.05, 0.1) is 10.8 Å². The molecule has 3 heterocycles. The summed E-state index contributed by atoms with van der Waals surface area (Å²) < 4.78 is 13.8. The maximum atomic E-state index is 6.89. The SMILES string of the molecule is C[C@H](C1CCCCC1)N1Cc2cccc3c2-c2c(cccc2C2(c4ccccc4Oc4ccccc42)C32c3ccccc3Oc3ccccc32)C1. The number of benzene rings is 6. The number of fused-ring (bicyclic) bond motifs is 11. The number of nitrogens with zero attached hydrogens (tertiary/aromatic N) is 1. The van der Waals surface area contributed by atoms with E-state index in [1.54, 1.807) is 0 Å². The highest BCUT2D eigenvalue weighted by atomic mass is 16.5. The summed E-state index contributed by atoms with van der Waals surface area (Å²) in [7, 11) is 0. The number of hydrogen-bond donors (Lipinski definition) is 0. The van der Waals surface area contributed by atoms with E-state index in [-0.39, 0.29) is 0 Å². The fraction of sp³-hybridized carbons (Fsp3) is 0.250. The molecule has 0 saturated heterocycles. The predicted octanol–water partition coefficient (Wildman–Crippen LogP) is 11.5. The van der Waals surface area contributed by atoms with E-state index in [2.05, 4.69) is 145 Å². The zero-order chi connectivity index (χ0) is 33.7. The molecule has 0 amide bonds. The van der Waals surface area contributed by atoms with Crippen LogP contribution in [0.3, 0.4) is 0 Å². The molecule has 6 aromatic carbocycles. The second-order valence-electron chi connectivity index (χ2n) is 15.4. The molecule has 2 spiro atoms. The lowest BCUT2D eigenvalue weighted by Crippen LogP contribution is -2.57. The molecular formula is C48H41NO2. The van der Waals surface area contributed by atoms with Gasteiger partial charge in [0.25, 0.3) is 0 Å². The van der Waals surface area contributed by atoms with Crippen LogP contribution in [0.1, 0.15) is 83.5 Å². The van der Waals surface area contributed by atoms with Crippen molar-refractivity contribution in [3.63, 3.8) is 0 Å². The number of rotatable bonds is 2. The molecular weight excluding hydrogens is 623 g/mol. The van der Waals surface area contributed by atoms with Gasteiger partial charge in [0.1, 0.15) is 23.0 Å². The Kier molecular flexibility index (Phi) is 6.35. The van der Waals surface area contributed by atoms with E-state index >= 15 is 0 Å². The topological polar surface area (TPSA) is 21.7 Å². The number of ether oxygens (including phenoxy) is 2. The van der Waals surface area contributed by atoms with Gasteiger partial charge in [0, 0.05) is 41.4 Å². The normalized spacial score (nSPS) is 19.3. The second kappa shape index (κ2) is 10.9. The summed E-state index contributed by atoms with van der Waals surface area (Å²) in [5, 5.41) is 0. The fourth-order valence-electron chi connectivity index (χ4n) is 11.2. The second-order valence-corrected chi connectivity index (χ2v) is 15.4. The molecule has 1 saturated carbocycles. The molecule has 0 N–H and O–H groups in total. The van der Waals surface area contributed by atoms with Crippen molar-refractivity contribution in [1.82, 2.24) is 4.90 Å². The van der Waals surface area contributed by atoms with E-state index in [1.807, 2.05) is 0 Å². The van der Waals surface area contributed by atoms with Gasteiger partial charge in [0.2, 0.25) is 0 Å². The van der Waals surface area contributed by atoms with Gasteiger partial charge < -0.3 is 9.47 Å². The van der Waals surface area contributed by atoms with Crippen LogP contribution < -0.4 is 9.47 Å². The fourth-order valence-corrected chi connectivity index (χ4v) is 11.2. The van der Waals surface area contributed by atoms with Gasteiger partial charge in [0.15, 0.2) is 0 Å². The maximum Gasteiger partial charge on any atom is 0.131 e. The van der Waals surface area contributed by atoms with Crippen molar-refractivity contribution in [2.45, 2.75) is 69.0 Å². The highest BCUT2D eigenvalue weighted by molar-refractivity contribution is 5.92. The van der Waals surface area contributed by atoms with Crippen LogP contribution in [-0.4, -0.2) is 10.9 Å². The Morgan fingerprint density at radius 3 is 1.25 bits per heavy atom. The van der Waals surface area contributed by atoms with Crippen LogP contribution in [0.4, 0.5) is 0 Å². The zero-order valence-corrected chi connectivity index (χ0v) is 29.1. The summed E-state index contributed by atoms with van der Waals surface area (Å²) in [4.78, 5) is 2.80. The van der Waals surface area contributed by atoms with Gasteiger partial charge in [-0.2, -0.15) is 0 Å². The van der Waals surface area contributed by atoms with Crippen LogP contribution in [0, 0.1) is 5.92 Å². The first kappa shape index (κ1) is 29.6. The van der Waals surface area contributed by atoms with E-state index in [1.165, 1.54) is 87.7 Å². The van der Waals surface area contributed by atoms with Crippen molar-refractivity contribution in [3.05, 3.63) is 178 Å². The first-order valence-electron chi connectivity index (χ1n) is 18.9. The lowest BCUT2D eigenvalue weighted by atomic mass is 9.42. The summed E-state index contributed by atoms with van der Waals surface area (Å²) >= 11 is 0. The summed E-state index contributed by atoms with van der Waals surface area (Å²) in [6.45, 7) is 4.38. The molecule has 3 aliphatic heterocycles. The van der Waals surface area contributed by atoms with Crippen molar-refractivity contribution in [3.8, 4) is 34.1 Å². The largest absolute Gasteiger partial charge is 0.457 e. The summed E-state index contributed by atoms with van der Waals surface area (Å²) in [6, 6.07) is 50.1. The minimum atomic E-state index is -0.685. The first-order chi connectivity index (χ1) is 25.2. The first-order valence-corrected chi connectivity index (χ1v) is 18.9. The van der Waals surface area contributed by atoms with Crippen molar-refractivity contribution in [2.75, 3.05) is 0 Å². The van der Waals surface area contributed by atoms with Crippen LogP contribution in [0.25, 0.3) is 11.1 Å². The maximum absolute atomic E-state index is 6.89. The zero-order valence-electron chi connectivity index (χ0n) is 29.1. The molecule has 1 fully saturated rings. The predicted molar refractivity (Wildman–Crippen MR) is 203 cm³/mol. The third-order valence-corrected chi connectivity index (χ3v) is 13.2. The molecule has 51 heavy (non-hydrogen) atoms. The molecule has 3 heteroatoms. The van der Waals surface area contributed by atoms with Gasteiger partial charge in [-0.15, -0.1) is 0 Å². The van der Waals surface area contributed by atoms with Crippen LogP contribution >= 0.6 is 0 Å². The lowest BCUT2D eigenvalue weighted by molar-refractivity contribution is 0.116. The van der Waals surface area contributed by atoms with Gasteiger partial charge in [-0.25, -0.2) is 0 Å². The van der Waals surface area contributed by atoms with Crippen molar-refractivity contribution < 1.29 is 9.47 Å². The number of hydrogen-bond acceptors (Lipinski definition) is 3. The smallest absolute Gasteiger partial charge is 0.131 e. The van der Waals surface area contributed by atoms with Crippen LogP contribution in [-0.2, 0) is 23.9 Å². The minimum Gasteiger partial charge on any atom is -0.457 e. The summed E-state index contributed by atoms with van der Waals surface area (Å²) in [5.41, 5.74) is 11.7.